The molecular weight excluding hydrogens is 585 g/mol. The average Bonchev–Trinajstić information content (AvgIpc) is 2.44. The van der Waals surface area contributed by atoms with Gasteiger partial charge < -0.3 is 14.2 Å². The van der Waals surface area contributed by atoms with E-state index in [-0.39, 0.29) is 0 Å². The van der Waals surface area contributed by atoms with Gasteiger partial charge in [-0.05, 0) is 79.9 Å². The summed E-state index contributed by atoms with van der Waals surface area (Å²) >= 11 is 6.83. The van der Waals surface area contributed by atoms with Crippen LogP contribution in [0.1, 0.15) is 0 Å². The quantitative estimate of drug-likeness (QED) is 0.280. The Morgan fingerprint density at radius 3 is 2.00 bits per heavy atom. The monoisotopic (exact) mass is 592 g/mol. The molecule has 0 radical (unpaired) electrons. The van der Waals surface area contributed by atoms with Crippen molar-refractivity contribution in [1.82, 2.24) is 0 Å². The molecule has 0 fully saturated rings. The Morgan fingerprint density at radius 2 is 1.42 bits per heavy atom. The van der Waals surface area contributed by atoms with Gasteiger partial charge in [0.1, 0.15) is 0 Å². The van der Waals surface area contributed by atoms with Crippen LogP contribution in [-0.2, 0) is 0 Å². The summed E-state index contributed by atoms with van der Waals surface area (Å²) in [6, 6.07) is 7.62. The second kappa shape index (κ2) is 5.43. The molecule has 6 heteroatoms. The van der Waals surface area contributed by atoms with Crippen molar-refractivity contribution in [3.05, 3.63) is 35.0 Å². The lowest BCUT2D eigenvalue weighted by molar-refractivity contribution is 0.325. The lowest BCUT2D eigenvalue weighted by atomic mass is 10.2. The Hall–Kier alpha value is 0.0300. The highest BCUT2D eigenvalue weighted by Crippen LogP contribution is 2.54. The number of fused-ring (bicyclic) bond motifs is 2. The highest BCUT2D eigenvalue weighted by Gasteiger charge is 2.29. The first-order valence-electron chi connectivity index (χ1n) is 5.32. The zero-order chi connectivity index (χ0) is 13.6. The predicted molar refractivity (Wildman–Crippen MR) is 97.7 cm³/mol. The smallest absolute Gasteiger partial charge is 0.214 e. The van der Waals surface area contributed by atoms with Crippen LogP contribution in [-0.4, -0.2) is 7.11 Å². The van der Waals surface area contributed by atoms with E-state index in [2.05, 4.69) is 67.8 Å². The maximum absolute atomic E-state index is 5.97. The number of methoxy groups -OCH3 is 1. The minimum absolute atomic E-state index is 0.649. The van der Waals surface area contributed by atoms with Gasteiger partial charge >= 0.3 is 0 Å². The Kier molecular flexibility index (Phi) is 4.00. The lowest BCUT2D eigenvalue weighted by Crippen LogP contribution is -2.05. The Bertz CT molecular complexity index is 671. The van der Waals surface area contributed by atoms with Crippen LogP contribution in [0.5, 0.6) is 28.7 Å². The van der Waals surface area contributed by atoms with Gasteiger partial charge in [0.15, 0.2) is 23.0 Å². The number of para-hydroxylation sites is 2. The van der Waals surface area contributed by atoms with Gasteiger partial charge in [-0.3, -0.25) is 0 Å². The second-order valence-electron chi connectivity index (χ2n) is 3.78. The largest absolute Gasteiger partial charge is 0.492 e. The summed E-state index contributed by atoms with van der Waals surface area (Å²) in [6.07, 6.45) is 0. The molecule has 0 spiro atoms. The number of rotatable bonds is 1. The second-order valence-corrected chi connectivity index (χ2v) is 7.02. The summed E-state index contributed by atoms with van der Waals surface area (Å²) in [5.41, 5.74) is 0. The van der Waals surface area contributed by atoms with E-state index in [0.29, 0.717) is 11.5 Å². The number of ether oxygens (including phenoxy) is 3. The topological polar surface area (TPSA) is 27.7 Å². The van der Waals surface area contributed by atoms with Gasteiger partial charge in [0.25, 0.3) is 0 Å². The summed E-state index contributed by atoms with van der Waals surface area (Å²) < 4.78 is 20.6. The highest BCUT2D eigenvalue weighted by molar-refractivity contribution is 14.1. The maximum Gasteiger partial charge on any atom is 0.214 e. The first kappa shape index (κ1) is 14.0. The number of hydrogen-bond donors (Lipinski definition) is 0. The zero-order valence-electron chi connectivity index (χ0n) is 9.67. The van der Waals surface area contributed by atoms with Gasteiger partial charge in [-0.2, -0.15) is 0 Å². The van der Waals surface area contributed by atoms with E-state index < -0.39 is 0 Å². The standard InChI is InChI=1S/C13H7I3O3/c1-17-11-9(15)8(14)10(16)12-13(11)19-7-5-3-2-4-6(7)18-12/h2-5H,1H3. The molecule has 19 heavy (non-hydrogen) atoms. The molecule has 0 amide bonds. The normalized spacial score (nSPS) is 12.0. The van der Waals surface area contributed by atoms with E-state index in [1.54, 1.807) is 7.11 Å². The van der Waals surface area contributed by atoms with E-state index in [9.17, 15) is 0 Å². The molecule has 0 saturated heterocycles. The third-order valence-corrected chi connectivity index (χ3v) is 7.88. The van der Waals surface area contributed by atoms with Gasteiger partial charge in [-0.15, -0.1) is 0 Å². The summed E-state index contributed by atoms with van der Waals surface area (Å²) in [6.45, 7) is 0. The molecule has 1 aliphatic rings. The van der Waals surface area contributed by atoms with Crippen LogP contribution in [0.25, 0.3) is 0 Å². The molecule has 98 valence electrons. The van der Waals surface area contributed by atoms with Crippen LogP contribution in [0.15, 0.2) is 24.3 Å². The third-order valence-electron chi connectivity index (χ3n) is 2.67. The maximum atomic E-state index is 5.97. The number of hydrogen-bond acceptors (Lipinski definition) is 3. The Morgan fingerprint density at radius 1 is 0.842 bits per heavy atom. The first-order chi connectivity index (χ1) is 9.13. The van der Waals surface area contributed by atoms with Crippen LogP contribution in [0.4, 0.5) is 0 Å². The molecule has 0 atom stereocenters. The van der Waals surface area contributed by atoms with Crippen molar-refractivity contribution in [2.45, 2.75) is 0 Å². The molecule has 2 aromatic carbocycles. The van der Waals surface area contributed by atoms with Crippen LogP contribution in [0.2, 0.25) is 0 Å². The van der Waals surface area contributed by atoms with Crippen molar-refractivity contribution in [1.29, 1.82) is 0 Å². The van der Waals surface area contributed by atoms with Crippen LogP contribution in [0, 0.1) is 10.7 Å². The molecular formula is C13H7I3O3. The SMILES string of the molecule is COc1c(I)c(I)c(I)c2c1Oc1ccccc1O2. The first-order valence-corrected chi connectivity index (χ1v) is 8.56. The van der Waals surface area contributed by atoms with Crippen molar-refractivity contribution in [3.63, 3.8) is 0 Å². The fraction of sp³-hybridized carbons (Fsp3) is 0.0769. The van der Waals surface area contributed by atoms with Gasteiger partial charge in [-0.25, -0.2) is 0 Å². The molecule has 2 aromatic rings. The molecule has 0 unspecified atom stereocenters. The van der Waals surface area contributed by atoms with Crippen LogP contribution >= 0.6 is 67.8 Å². The molecule has 3 rings (SSSR count). The number of halogens is 3. The average molecular weight is 592 g/mol. The summed E-state index contributed by atoms with van der Waals surface area (Å²) in [5, 5.41) is 0. The Labute approximate surface area is 151 Å². The van der Waals surface area contributed by atoms with E-state index in [4.69, 9.17) is 14.2 Å². The summed E-state index contributed by atoms with van der Waals surface area (Å²) in [4.78, 5) is 0. The molecule has 0 aliphatic carbocycles. The van der Waals surface area contributed by atoms with Crippen LogP contribution in [0.3, 0.4) is 0 Å². The van der Waals surface area contributed by atoms with Crippen molar-refractivity contribution in [2.24, 2.45) is 0 Å². The molecule has 1 heterocycles. The van der Waals surface area contributed by atoms with Crippen molar-refractivity contribution in [3.8, 4) is 28.7 Å². The van der Waals surface area contributed by atoms with Crippen molar-refractivity contribution in [2.75, 3.05) is 7.11 Å². The lowest BCUT2D eigenvalue weighted by Gasteiger charge is -2.24. The molecule has 0 bridgehead atoms. The van der Waals surface area contributed by atoms with Gasteiger partial charge in [0.05, 0.1) is 14.3 Å². The summed E-state index contributed by atoms with van der Waals surface area (Å²) in [5.74, 6) is 3.53. The van der Waals surface area contributed by atoms with Crippen molar-refractivity contribution < 1.29 is 14.2 Å². The van der Waals surface area contributed by atoms with Crippen LogP contribution < -0.4 is 14.2 Å². The fourth-order valence-corrected chi connectivity index (χ4v) is 4.17. The van der Waals surface area contributed by atoms with E-state index >= 15 is 0 Å². The molecule has 0 aromatic heterocycles. The zero-order valence-corrected chi connectivity index (χ0v) is 16.1. The van der Waals surface area contributed by atoms with Gasteiger partial charge in [0, 0.05) is 3.57 Å². The van der Waals surface area contributed by atoms with E-state index in [1.807, 2.05) is 24.3 Å². The van der Waals surface area contributed by atoms with Gasteiger partial charge in [0.2, 0.25) is 5.75 Å². The van der Waals surface area contributed by atoms with Gasteiger partial charge in [-0.1, -0.05) is 12.1 Å². The van der Waals surface area contributed by atoms with E-state index in [1.165, 1.54) is 0 Å². The van der Waals surface area contributed by atoms with Crippen molar-refractivity contribution >= 4 is 67.8 Å². The fourth-order valence-electron chi connectivity index (χ4n) is 1.80. The minimum Gasteiger partial charge on any atom is -0.492 e. The van der Waals surface area contributed by atoms with E-state index in [0.717, 1.165) is 28.0 Å². The molecule has 3 nitrogen and oxygen atoms in total. The third kappa shape index (κ3) is 2.28. The molecule has 1 aliphatic heterocycles. The minimum atomic E-state index is 0.649. The summed E-state index contributed by atoms with van der Waals surface area (Å²) in [7, 11) is 1.64. The molecule has 0 saturated carbocycles. The highest BCUT2D eigenvalue weighted by atomic mass is 127. The Balaban J connectivity index is 2.25. The number of benzene rings is 2. The predicted octanol–water partition coefficient (Wildman–Crippen LogP) is 5.41. The molecule has 0 N–H and O–H groups in total.